The first-order valence-corrected chi connectivity index (χ1v) is 6.84. The molecule has 1 fully saturated rings. The van der Waals surface area contributed by atoms with Crippen LogP contribution in [-0.2, 0) is 0 Å². The van der Waals surface area contributed by atoms with Crippen molar-refractivity contribution >= 4 is 11.5 Å². The topological polar surface area (TPSA) is 52.9 Å². The molecule has 0 bridgehead atoms. The number of oxime groups is 1. The van der Waals surface area contributed by atoms with Crippen LogP contribution in [-0.4, -0.2) is 41.2 Å². The van der Waals surface area contributed by atoms with Gasteiger partial charge in [-0.3, -0.25) is 9.69 Å². The Bertz CT molecular complexity index is 435. The van der Waals surface area contributed by atoms with Gasteiger partial charge in [-0.15, -0.1) is 0 Å². The number of carbonyl (C=O) groups is 1. The van der Waals surface area contributed by atoms with Gasteiger partial charge in [0.25, 0.3) is 0 Å². The van der Waals surface area contributed by atoms with Crippen LogP contribution in [0.25, 0.3) is 0 Å². The fourth-order valence-electron chi connectivity index (χ4n) is 2.41. The predicted molar refractivity (Wildman–Crippen MR) is 74.9 cm³/mol. The molecule has 1 aromatic carbocycles. The molecule has 4 nitrogen and oxygen atoms in total. The Hall–Kier alpha value is -1.68. The molecule has 19 heavy (non-hydrogen) atoms. The van der Waals surface area contributed by atoms with Gasteiger partial charge in [0.15, 0.2) is 0 Å². The molecule has 1 aliphatic heterocycles. The summed E-state index contributed by atoms with van der Waals surface area (Å²) in [5.41, 5.74) is 0.804. The van der Waals surface area contributed by atoms with E-state index in [1.807, 2.05) is 18.2 Å². The van der Waals surface area contributed by atoms with Crippen molar-refractivity contribution in [3.05, 3.63) is 35.9 Å². The highest BCUT2D eigenvalue weighted by atomic mass is 16.4. The number of Topliss-reactive ketones (excluding diaryl/α,β-unsaturated/α-hetero) is 1. The molecule has 1 heterocycles. The van der Waals surface area contributed by atoms with Crippen LogP contribution < -0.4 is 0 Å². The molecule has 0 atom stereocenters. The van der Waals surface area contributed by atoms with Crippen LogP contribution in [0.3, 0.4) is 0 Å². The van der Waals surface area contributed by atoms with E-state index in [0.29, 0.717) is 12.1 Å². The monoisotopic (exact) mass is 260 g/mol. The number of hydrogen-bond donors (Lipinski definition) is 1. The number of ketones is 1. The Morgan fingerprint density at radius 3 is 2.32 bits per heavy atom. The molecule has 1 saturated heterocycles. The van der Waals surface area contributed by atoms with Crippen LogP contribution in [0.5, 0.6) is 0 Å². The molecule has 0 amide bonds. The minimum atomic E-state index is -0.188. The molecule has 2 rings (SSSR count). The van der Waals surface area contributed by atoms with Crippen LogP contribution in [0.2, 0.25) is 0 Å². The van der Waals surface area contributed by atoms with Crippen molar-refractivity contribution < 1.29 is 10.0 Å². The van der Waals surface area contributed by atoms with Crippen LogP contribution in [0.15, 0.2) is 35.5 Å². The molecule has 0 spiro atoms. The summed E-state index contributed by atoms with van der Waals surface area (Å²) in [5.74, 6) is -0.188. The number of rotatable bonds is 4. The summed E-state index contributed by atoms with van der Waals surface area (Å²) in [7, 11) is 0. The van der Waals surface area contributed by atoms with E-state index < -0.39 is 0 Å². The molecule has 0 radical (unpaired) electrons. The first-order chi connectivity index (χ1) is 9.31. The van der Waals surface area contributed by atoms with Crippen molar-refractivity contribution in [2.45, 2.75) is 25.7 Å². The van der Waals surface area contributed by atoms with Gasteiger partial charge in [-0.25, -0.2) is 0 Å². The molecule has 102 valence electrons. The maximum atomic E-state index is 12.2. The molecule has 4 heteroatoms. The third-order valence-electron chi connectivity index (χ3n) is 3.49. The minimum absolute atomic E-state index is 0.188. The summed E-state index contributed by atoms with van der Waals surface area (Å²) in [4.78, 5) is 14.4. The third-order valence-corrected chi connectivity index (χ3v) is 3.49. The Kier molecular flexibility index (Phi) is 5.10. The van der Waals surface area contributed by atoms with Gasteiger partial charge in [0.1, 0.15) is 5.71 Å². The molecule has 0 unspecified atom stereocenters. The zero-order valence-electron chi connectivity index (χ0n) is 11.1. The average molecular weight is 260 g/mol. The summed E-state index contributed by atoms with van der Waals surface area (Å²) < 4.78 is 0. The lowest BCUT2D eigenvalue weighted by molar-refractivity contribution is 0.105. The highest BCUT2D eigenvalue weighted by Crippen LogP contribution is 2.10. The second-order valence-corrected chi connectivity index (χ2v) is 4.93. The first-order valence-electron chi connectivity index (χ1n) is 6.84. The second-order valence-electron chi connectivity index (χ2n) is 4.93. The number of hydrogen-bond acceptors (Lipinski definition) is 4. The van der Waals surface area contributed by atoms with Gasteiger partial charge in [0, 0.05) is 12.1 Å². The molecule has 0 aromatic heterocycles. The van der Waals surface area contributed by atoms with E-state index in [4.69, 9.17) is 5.21 Å². The number of carbonyl (C=O) groups excluding carboxylic acids is 1. The summed E-state index contributed by atoms with van der Waals surface area (Å²) in [6.07, 6.45) is 4.79. The number of benzene rings is 1. The van der Waals surface area contributed by atoms with E-state index in [2.05, 4.69) is 10.1 Å². The summed E-state index contributed by atoms with van der Waals surface area (Å²) in [5, 5.41) is 12.3. The van der Waals surface area contributed by atoms with E-state index in [0.717, 1.165) is 25.9 Å². The Labute approximate surface area is 113 Å². The van der Waals surface area contributed by atoms with E-state index in [9.17, 15) is 4.79 Å². The maximum absolute atomic E-state index is 12.2. The molecule has 1 aliphatic rings. The SMILES string of the molecule is O=C(/C(CN1CCCCCC1)=N/O)c1ccccc1. The predicted octanol–water partition coefficient (Wildman–Crippen LogP) is 2.58. The normalized spacial score (nSPS) is 18.0. The molecular weight excluding hydrogens is 240 g/mol. The van der Waals surface area contributed by atoms with Gasteiger partial charge in [0.05, 0.1) is 0 Å². The Morgan fingerprint density at radius 2 is 1.74 bits per heavy atom. The zero-order chi connectivity index (χ0) is 13.5. The smallest absolute Gasteiger partial charge is 0.211 e. The Balaban J connectivity index is 2.02. The lowest BCUT2D eigenvalue weighted by Gasteiger charge is -2.19. The van der Waals surface area contributed by atoms with Crippen molar-refractivity contribution in [2.24, 2.45) is 5.16 Å². The van der Waals surface area contributed by atoms with Gasteiger partial charge in [-0.05, 0) is 25.9 Å². The lowest BCUT2D eigenvalue weighted by Crippen LogP contribution is -2.34. The molecule has 0 saturated carbocycles. The van der Waals surface area contributed by atoms with E-state index in [-0.39, 0.29) is 11.5 Å². The van der Waals surface area contributed by atoms with Gasteiger partial charge in [0.2, 0.25) is 5.78 Å². The van der Waals surface area contributed by atoms with Crippen LogP contribution in [0, 0.1) is 0 Å². The van der Waals surface area contributed by atoms with E-state index in [1.54, 1.807) is 12.1 Å². The largest absolute Gasteiger partial charge is 0.410 e. The molecular formula is C15H20N2O2. The van der Waals surface area contributed by atoms with Gasteiger partial charge in [-0.1, -0.05) is 48.3 Å². The number of nitrogens with zero attached hydrogens (tertiary/aromatic N) is 2. The summed E-state index contributed by atoms with van der Waals surface area (Å²) >= 11 is 0. The average Bonchev–Trinajstić information content (AvgIpc) is 2.73. The molecule has 1 aromatic rings. The third kappa shape index (κ3) is 3.89. The minimum Gasteiger partial charge on any atom is -0.410 e. The van der Waals surface area contributed by atoms with Gasteiger partial charge in [-0.2, -0.15) is 0 Å². The standard InChI is InChI=1S/C15H20N2O2/c18-15(13-8-4-3-5-9-13)14(16-19)12-17-10-6-1-2-7-11-17/h3-5,8-9,19H,1-2,6-7,10-12H2/b16-14+. The first kappa shape index (κ1) is 13.7. The highest BCUT2D eigenvalue weighted by Gasteiger charge is 2.19. The summed E-state index contributed by atoms with van der Waals surface area (Å²) in [6.45, 7) is 2.38. The number of likely N-dealkylation sites (tertiary alicyclic amines) is 1. The van der Waals surface area contributed by atoms with E-state index >= 15 is 0 Å². The van der Waals surface area contributed by atoms with Gasteiger partial charge >= 0.3 is 0 Å². The van der Waals surface area contributed by atoms with E-state index in [1.165, 1.54) is 12.8 Å². The highest BCUT2D eigenvalue weighted by molar-refractivity contribution is 6.46. The Morgan fingerprint density at radius 1 is 1.11 bits per heavy atom. The summed E-state index contributed by atoms with van der Waals surface area (Å²) in [6, 6.07) is 8.98. The fourth-order valence-corrected chi connectivity index (χ4v) is 2.41. The van der Waals surface area contributed by atoms with Crippen molar-refractivity contribution in [3.8, 4) is 0 Å². The quantitative estimate of drug-likeness (QED) is 0.392. The van der Waals surface area contributed by atoms with Crippen LogP contribution in [0.1, 0.15) is 36.0 Å². The fraction of sp³-hybridized carbons (Fsp3) is 0.467. The molecule has 1 N–H and O–H groups in total. The maximum Gasteiger partial charge on any atom is 0.211 e. The second kappa shape index (κ2) is 7.04. The van der Waals surface area contributed by atoms with Crippen molar-refractivity contribution in [1.29, 1.82) is 0 Å². The lowest BCUT2D eigenvalue weighted by atomic mass is 10.1. The van der Waals surface area contributed by atoms with Crippen molar-refractivity contribution in [3.63, 3.8) is 0 Å². The molecule has 0 aliphatic carbocycles. The van der Waals surface area contributed by atoms with Crippen molar-refractivity contribution in [2.75, 3.05) is 19.6 Å². The van der Waals surface area contributed by atoms with Gasteiger partial charge < -0.3 is 5.21 Å². The van der Waals surface area contributed by atoms with Crippen LogP contribution >= 0.6 is 0 Å². The zero-order valence-corrected chi connectivity index (χ0v) is 11.1. The van der Waals surface area contributed by atoms with Crippen LogP contribution in [0.4, 0.5) is 0 Å². The van der Waals surface area contributed by atoms with Crippen molar-refractivity contribution in [1.82, 2.24) is 4.90 Å².